The highest BCUT2D eigenvalue weighted by molar-refractivity contribution is 7.89. The van der Waals surface area contributed by atoms with Crippen LogP contribution in [0.5, 0.6) is 5.75 Å². The van der Waals surface area contributed by atoms with Crippen LogP contribution in [0.4, 0.5) is 0 Å². The van der Waals surface area contributed by atoms with Crippen molar-refractivity contribution in [3.63, 3.8) is 0 Å². The van der Waals surface area contributed by atoms with Crippen molar-refractivity contribution in [2.24, 2.45) is 5.92 Å². The van der Waals surface area contributed by atoms with Gasteiger partial charge < -0.3 is 5.11 Å². The van der Waals surface area contributed by atoms with Crippen LogP contribution in [0.25, 0.3) is 0 Å². The fourth-order valence-corrected chi connectivity index (χ4v) is 3.36. The molecule has 18 heavy (non-hydrogen) atoms. The molecule has 1 saturated carbocycles. The maximum atomic E-state index is 12.1. The molecule has 0 heterocycles. The van der Waals surface area contributed by atoms with E-state index < -0.39 is 10.0 Å². The van der Waals surface area contributed by atoms with Crippen molar-refractivity contribution in [2.45, 2.75) is 43.5 Å². The largest absolute Gasteiger partial charge is 0.508 e. The monoisotopic (exact) mass is 269 g/mol. The lowest BCUT2D eigenvalue weighted by Gasteiger charge is -2.16. The van der Waals surface area contributed by atoms with Crippen LogP contribution in [-0.2, 0) is 10.0 Å². The van der Waals surface area contributed by atoms with E-state index in [0.29, 0.717) is 5.92 Å². The van der Waals surface area contributed by atoms with Crippen LogP contribution in [0.15, 0.2) is 29.2 Å². The molecule has 1 aliphatic rings. The van der Waals surface area contributed by atoms with E-state index in [2.05, 4.69) is 4.72 Å². The Kier molecular flexibility index (Phi) is 3.92. The molecule has 5 heteroatoms. The summed E-state index contributed by atoms with van der Waals surface area (Å²) >= 11 is 0. The first kappa shape index (κ1) is 13.4. The van der Waals surface area contributed by atoms with Gasteiger partial charge in [-0.1, -0.05) is 25.8 Å². The molecule has 0 spiro atoms. The molecule has 2 rings (SSSR count). The molecule has 0 saturated heterocycles. The normalized spacial score (nSPS) is 17.6. The average molecular weight is 269 g/mol. The molecule has 0 aliphatic heterocycles. The van der Waals surface area contributed by atoms with Gasteiger partial charge >= 0.3 is 0 Å². The Bertz CT molecular complexity index is 509. The number of rotatable bonds is 6. The van der Waals surface area contributed by atoms with Crippen LogP contribution in [0.3, 0.4) is 0 Å². The molecular formula is C13H19NO3S. The molecule has 1 aliphatic carbocycles. The van der Waals surface area contributed by atoms with Crippen LogP contribution < -0.4 is 4.72 Å². The second-order valence-electron chi connectivity index (χ2n) is 4.90. The number of nitrogens with one attached hydrogen (secondary N) is 1. The first-order valence-electron chi connectivity index (χ1n) is 6.32. The van der Waals surface area contributed by atoms with Crippen molar-refractivity contribution in [1.82, 2.24) is 4.72 Å². The van der Waals surface area contributed by atoms with Gasteiger partial charge in [-0.3, -0.25) is 0 Å². The van der Waals surface area contributed by atoms with Gasteiger partial charge in [0.05, 0.1) is 4.90 Å². The third-order valence-corrected chi connectivity index (χ3v) is 4.78. The zero-order chi connectivity index (χ0) is 13.2. The van der Waals surface area contributed by atoms with E-state index in [9.17, 15) is 13.5 Å². The lowest BCUT2D eigenvalue weighted by molar-refractivity contribution is 0.471. The maximum absolute atomic E-state index is 12.1. The van der Waals surface area contributed by atoms with E-state index in [0.717, 1.165) is 12.8 Å². The number of hydrogen-bond donors (Lipinski definition) is 2. The number of aromatic hydroxyl groups is 1. The van der Waals surface area contributed by atoms with Gasteiger partial charge in [0.25, 0.3) is 0 Å². The molecule has 1 aromatic carbocycles. The summed E-state index contributed by atoms with van der Waals surface area (Å²) in [6, 6.07) is 5.74. The first-order valence-corrected chi connectivity index (χ1v) is 7.81. The highest BCUT2D eigenvalue weighted by atomic mass is 32.2. The highest BCUT2D eigenvalue weighted by Gasteiger charge is 2.27. The molecule has 0 radical (unpaired) electrons. The zero-order valence-corrected chi connectivity index (χ0v) is 11.3. The van der Waals surface area contributed by atoms with Crippen molar-refractivity contribution in [2.75, 3.05) is 0 Å². The van der Waals surface area contributed by atoms with Gasteiger partial charge in [0.1, 0.15) is 5.75 Å². The minimum Gasteiger partial charge on any atom is -0.508 e. The Hall–Kier alpha value is -1.07. The fraction of sp³-hybridized carbons (Fsp3) is 0.538. The topological polar surface area (TPSA) is 66.4 Å². The smallest absolute Gasteiger partial charge is 0.240 e. The minimum absolute atomic E-state index is 0.00940. The van der Waals surface area contributed by atoms with E-state index in [1.54, 1.807) is 0 Å². The number of phenols is 1. The summed E-state index contributed by atoms with van der Waals surface area (Å²) in [6.45, 7) is 1.98. The number of benzene rings is 1. The Morgan fingerprint density at radius 3 is 2.72 bits per heavy atom. The molecule has 1 fully saturated rings. The van der Waals surface area contributed by atoms with Gasteiger partial charge in [0, 0.05) is 6.04 Å². The van der Waals surface area contributed by atoms with Gasteiger partial charge in [-0.15, -0.1) is 0 Å². The van der Waals surface area contributed by atoms with Crippen LogP contribution >= 0.6 is 0 Å². The second-order valence-corrected chi connectivity index (χ2v) is 6.62. The summed E-state index contributed by atoms with van der Waals surface area (Å²) in [5.74, 6) is 0.648. The third kappa shape index (κ3) is 3.46. The quantitative estimate of drug-likeness (QED) is 0.832. The van der Waals surface area contributed by atoms with Crippen LogP contribution in [0, 0.1) is 5.92 Å². The zero-order valence-electron chi connectivity index (χ0n) is 10.5. The maximum Gasteiger partial charge on any atom is 0.240 e. The Morgan fingerprint density at radius 1 is 1.44 bits per heavy atom. The van der Waals surface area contributed by atoms with Gasteiger partial charge in [-0.25, -0.2) is 13.1 Å². The second kappa shape index (κ2) is 5.28. The van der Waals surface area contributed by atoms with E-state index >= 15 is 0 Å². The molecule has 4 nitrogen and oxygen atoms in total. The van der Waals surface area contributed by atoms with E-state index in [1.165, 1.54) is 37.1 Å². The summed E-state index contributed by atoms with van der Waals surface area (Å²) in [5.41, 5.74) is 0. The molecular weight excluding hydrogens is 250 g/mol. The Labute approximate surface area is 108 Å². The number of sulfonamides is 1. The van der Waals surface area contributed by atoms with Gasteiger partial charge in [-0.05, 0) is 37.0 Å². The van der Waals surface area contributed by atoms with Crippen LogP contribution in [-0.4, -0.2) is 19.6 Å². The summed E-state index contributed by atoms with van der Waals surface area (Å²) in [5, 5.41) is 9.33. The van der Waals surface area contributed by atoms with E-state index in [1.807, 2.05) is 6.92 Å². The average Bonchev–Trinajstić information content (AvgIpc) is 3.12. The van der Waals surface area contributed by atoms with Gasteiger partial charge in [0.2, 0.25) is 10.0 Å². The number of phenolic OH excluding ortho intramolecular Hbond substituents is 1. The molecule has 100 valence electrons. The SMILES string of the molecule is CCC(CC1CC1)NS(=O)(=O)c1cccc(O)c1. The third-order valence-electron chi connectivity index (χ3n) is 3.26. The van der Waals surface area contributed by atoms with Crippen molar-refractivity contribution >= 4 is 10.0 Å². The molecule has 1 aromatic rings. The van der Waals surface area contributed by atoms with Crippen molar-refractivity contribution in [3.05, 3.63) is 24.3 Å². The number of hydrogen-bond acceptors (Lipinski definition) is 3. The summed E-state index contributed by atoms with van der Waals surface area (Å²) in [4.78, 5) is 0.122. The summed E-state index contributed by atoms with van der Waals surface area (Å²) in [7, 11) is -3.52. The van der Waals surface area contributed by atoms with Crippen LogP contribution in [0.1, 0.15) is 32.6 Å². The molecule has 1 atom stereocenters. The predicted molar refractivity (Wildman–Crippen MR) is 69.8 cm³/mol. The molecule has 1 unspecified atom stereocenters. The summed E-state index contributed by atoms with van der Waals surface area (Å²) < 4.78 is 27.0. The first-order chi connectivity index (χ1) is 8.51. The lowest BCUT2D eigenvalue weighted by Crippen LogP contribution is -2.34. The molecule has 0 aromatic heterocycles. The van der Waals surface area contributed by atoms with Crippen molar-refractivity contribution in [1.29, 1.82) is 0 Å². The van der Waals surface area contributed by atoms with E-state index in [4.69, 9.17) is 0 Å². The fourth-order valence-electron chi connectivity index (χ4n) is 1.99. The van der Waals surface area contributed by atoms with Crippen molar-refractivity contribution < 1.29 is 13.5 Å². The lowest BCUT2D eigenvalue weighted by atomic mass is 10.1. The minimum atomic E-state index is -3.52. The van der Waals surface area contributed by atoms with Gasteiger partial charge in [-0.2, -0.15) is 0 Å². The van der Waals surface area contributed by atoms with Gasteiger partial charge in [0.15, 0.2) is 0 Å². The van der Waals surface area contributed by atoms with E-state index in [-0.39, 0.29) is 16.7 Å². The predicted octanol–water partition coefficient (Wildman–Crippen LogP) is 2.25. The Morgan fingerprint density at radius 2 is 2.17 bits per heavy atom. The summed E-state index contributed by atoms with van der Waals surface area (Å²) in [6.07, 6.45) is 4.12. The van der Waals surface area contributed by atoms with Crippen molar-refractivity contribution in [3.8, 4) is 5.75 Å². The van der Waals surface area contributed by atoms with Crippen LogP contribution in [0.2, 0.25) is 0 Å². The Balaban J connectivity index is 2.09. The molecule has 0 amide bonds. The molecule has 0 bridgehead atoms. The highest BCUT2D eigenvalue weighted by Crippen LogP contribution is 2.34. The molecule has 2 N–H and O–H groups in total. The standard InChI is InChI=1S/C13H19NO3S/c1-2-11(8-10-6-7-10)14-18(16,17)13-5-3-4-12(15)9-13/h3-5,9-11,14-15H,2,6-8H2,1H3.